The molecular formula is C18H21Cl2NO6S. The summed E-state index contributed by atoms with van der Waals surface area (Å²) in [7, 11) is -2.07. The molecule has 0 spiro atoms. The maximum atomic E-state index is 11.9. The summed E-state index contributed by atoms with van der Waals surface area (Å²) >= 11 is 12.0. The fraction of sp³-hybridized carbons (Fsp3) is 0.333. The number of nitrogens with one attached hydrogen (secondary N) is 1. The van der Waals surface area contributed by atoms with Gasteiger partial charge in [0.05, 0.1) is 24.7 Å². The molecule has 3 N–H and O–H groups in total. The second-order valence-corrected chi connectivity index (χ2v) is 8.82. The van der Waals surface area contributed by atoms with Crippen molar-refractivity contribution in [3.63, 3.8) is 0 Å². The van der Waals surface area contributed by atoms with Crippen LogP contribution in [0, 0.1) is 0 Å². The molecule has 0 amide bonds. The number of methoxy groups -OCH3 is 1. The van der Waals surface area contributed by atoms with Crippen LogP contribution in [0.5, 0.6) is 11.5 Å². The van der Waals surface area contributed by atoms with E-state index in [1.165, 1.54) is 25.3 Å². The number of benzene rings is 2. The van der Waals surface area contributed by atoms with E-state index in [0.717, 1.165) is 6.26 Å². The predicted octanol–water partition coefficient (Wildman–Crippen LogP) is 2.83. The van der Waals surface area contributed by atoms with Crippen LogP contribution in [0.25, 0.3) is 0 Å². The Morgan fingerprint density at radius 2 is 1.93 bits per heavy atom. The quantitative estimate of drug-likeness (QED) is 0.505. The third-order valence-electron chi connectivity index (χ3n) is 3.80. The van der Waals surface area contributed by atoms with Gasteiger partial charge in [-0.15, -0.1) is 0 Å². The number of rotatable bonds is 9. The second kappa shape index (κ2) is 9.67. The lowest BCUT2D eigenvalue weighted by molar-refractivity contribution is 0.195. The number of sulfone groups is 1. The Morgan fingerprint density at radius 1 is 1.21 bits per heavy atom. The fourth-order valence-corrected chi connectivity index (χ4v) is 3.54. The maximum absolute atomic E-state index is 11.9. The van der Waals surface area contributed by atoms with E-state index in [1.807, 2.05) is 0 Å². The highest BCUT2D eigenvalue weighted by Gasteiger charge is 2.24. The summed E-state index contributed by atoms with van der Waals surface area (Å²) in [6.07, 6.45) is 1.08. The number of anilines is 1. The van der Waals surface area contributed by atoms with Crippen LogP contribution in [-0.4, -0.2) is 50.8 Å². The minimum absolute atomic E-state index is 0.0236. The molecule has 28 heavy (non-hydrogen) atoms. The normalized spacial score (nSPS) is 13.6. The van der Waals surface area contributed by atoms with Gasteiger partial charge in [0.1, 0.15) is 18.1 Å². The zero-order valence-electron chi connectivity index (χ0n) is 15.2. The predicted molar refractivity (Wildman–Crippen MR) is 108 cm³/mol. The van der Waals surface area contributed by atoms with Crippen LogP contribution in [0.3, 0.4) is 0 Å². The van der Waals surface area contributed by atoms with Crippen LogP contribution in [0.2, 0.25) is 5.02 Å². The molecule has 2 aromatic carbocycles. The van der Waals surface area contributed by atoms with Crippen LogP contribution in [-0.2, 0) is 9.84 Å². The van der Waals surface area contributed by atoms with Gasteiger partial charge in [-0.1, -0.05) is 29.3 Å². The lowest BCUT2D eigenvalue weighted by Crippen LogP contribution is -2.22. The first kappa shape index (κ1) is 22.6. The molecule has 0 aliphatic rings. The molecule has 2 unspecified atom stereocenters. The van der Waals surface area contributed by atoms with E-state index in [0.29, 0.717) is 27.8 Å². The lowest BCUT2D eigenvalue weighted by Gasteiger charge is -2.24. The van der Waals surface area contributed by atoms with E-state index in [4.69, 9.17) is 37.8 Å². The van der Waals surface area contributed by atoms with Gasteiger partial charge in [0.2, 0.25) is 0 Å². The number of ether oxygens (including phenoxy) is 2. The monoisotopic (exact) mass is 449 g/mol. The van der Waals surface area contributed by atoms with E-state index in [-0.39, 0.29) is 18.1 Å². The molecule has 0 fully saturated rings. The number of aliphatic hydroxyl groups excluding tert-OH is 2. The molecule has 0 heterocycles. The first-order chi connectivity index (χ1) is 13.2. The lowest BCUT2D eigenvalue weighted by atomic mass is 10.1. The second-order valence-electron chi connectivity index (χ2n) is 5.92. The smallest absolute Gasteiger partial charge is 0.175 e. The number of aliphatic hydroxyl groups is 2. The van der Waals surface area contributed by atoms with Gasteiger partial charge in [0, 0.05) is 28.6 Å². The summed E-state index contributed by atoms with van der Waals surface area (Å²) in [6.45, 7) is -0.184. The first-order valence-electron chi connectivity index (χ1n) is 8.16. The van der Waals surface area contributed by atoms with Crippen molar-refractivity contribution in [2.75, 3.05) is 31.9 Å². The fourth-order valence-electron chi connectivity index (χ4n) is 2.51. The highest BCUT2D eigenvalue weighted by molar-refractivity contribution is 7.90. The molecule has 0 saturated heterocycles. The molecule has 2 rings (SSSR count). The summed E-state index contributed by atoms with van der Waals surface area (Å²) in [5.74, 6) is 0.645. The zero-order valence-corrected chi connectivity index (χ0v) is 17.6. The van der Waals surface area contributed by atoms with E-state index in [1.54, 1.807) is 18.2 Å². The minimum atomic E-state index is -3.49. The van der Waals surface area contributed by atoms with Crippen molar-refractivity contribution in [1.82, 2.24) is 0 Å². The Bertz CT molecular complexity index is 920. The van der Waals surface area contributed by atoms with Gasteiger partial charge in [-0.2, -0.15) is 0 Å². The van der Waals surface area contributed by atoms with Gasteiger partial charge in [-0.05, 0) is 24.3 Å². The van der Waals surface area contributed by atoms with Crippen LogP contribution < -0.4 is 14.8 Å². The molecule has 0 aromatic heterocycles. The van der Waals surface area contributed by atoms with Gasteiger partial charge in [-0.3, -0.25) is 0 Å². The van der Waals surface area contributed by atoms with Gasteiger partial charge in [-0.25, -0.2) is 8.42 Å². The molecule has 2 aromatic rings. The molecule has 2 atom stereocenters. The standard InChI is InChI=1S/C18H21Cl2NO6S/c1-26-13-8-12(9-14(10-13)28(2,24)25)21-17(18(20)23)15-4-3-11(19)7-16(15)27-6-5-22/h3-4,7-10,17-18,21-23H,5-6H2,1-2H3. The molecule has 0 aliphatic heterocycles. The van der Waals surface area contributed by atoms with Crippen molar-refractivity contribution in [2.45, 2.75) is 16.5 Å². The summed E-state index contributed by atoms with van der Waals surface area (Å²) in [5.41, 5.74) is -0.540. The Labute approximate surface area is 173 Å². The summed E-state index contributed by atoms with van der Waals surface area (Å²) in [6, 6.07) is 8.27. The van der Waals surface area contributed by atoms with Crippen LogP contribution in [0.15, 0.2) is 41.3 Å². The van der Waals surface area contributed by atoms with Crippen LogP contribution in [0.1, 0.15) is 11.6 Å². The number of alkyl halides is 1. The highest BCUT2D eigenvalue weighted by Crippen LogP contribution is 2.35. The Morgan fingerprint density at radius 3 is 2.50 bits per heavy atom. The molecule has 7 nitrogen and oxygen atoms in total. The van der Waals surface area contributed by atoms with Crippen molar-refractivity contribution in [1.29, 1.82) is 0 Å². The minimum Gasteiger partial charge on any atom is -0.497 e. The molecule has 154 valence electrons. The maximum Gasteiger partial charge on any atom is 0.175 e. The summed E-state index contributed by atoms with van der Waals surface area (Å²) in [4.78, 5) is 0.0463. The van der Waals surface area contributed by atoms with E-state index < -0.39 is 21.4 Å². The summed E-state index contributed by atoms with van der Waals surface area (Å²) in [5, 5.41) is 22.5. The Balaban J connectivity index is 2.47. The molecular weight excluding hydrogens is 429 g/mol. The number of halogens is 2. The van der Waals surface area contributed by atoms with Gasteiger partial charge in [0.15, 0.2) is 15.4 Å². The van der Waals surface area contributed by atoms with Crippen molar-refractivity contribution >= 4 is 38.7 Å². The molecule has 10 heteroatoms. The highest BCUT2D eigenvalue weighted by atomic mass is 35.5. The third kappa shape index (κ3) is 5.89. The number of hydrogen-bond acceptors (Lipinski definition) is 7. The SMILES string of the molecule is COc1cc(NC(c2ccc(Cl)cc2OCCO)C(O)Cl)cc(S(C)(=O)=O)c1. The van der Waals surface area contributed by atoms with Gasteiger partial charge in [0.25, 0.3) is 0 Å². The molecule has 0 bridgehead atoms. The van der Waals surface area contributed by atoms with E-state index in [2.05, 4.69) is 5.32 Å². The molecule has 0 radical (unpaired) electrons. The van der Waals surface area contributed by atoms with E-state index >= 15 is 0 Å². The van der Waals surface area contributed by atoms with Gasteiger partial charge < -0.3 is 25.0 Å². The zero-order chi connectivity index (χ0) is 20.9. The van der Waals surface area contributed by atoms with Crippen molar-refractivity contribution in [3.05, 3.63) is 47.0 Å². The summed E-state index contributed by atoms with van der Waals surface area (Å²) < 4.78 is 34.5. The van der Waals surface area contributed by atoms with Crippen molar-refractivity contribution in [3.8, 4) is 11.5 Å². The largest absolute Gasteiger partial charge is 0.497 e. The topological polar surface area (TPSA) is 105 Å². The van der Waals surface area contributed by atoms with Crippen molar-refractivity contribution < 1.29 is 28.1 Å². The third-order valence-corrected chi connectivity index (χ3v) is 5.38. The molecule has 0 saturated carbocycles. The molecule has 0 aliphatic carbocycles. The Hall–Kier alpha value is -1.71. The number of hydrogen-bond donors (Lipinski definition) is 3. The van der Waals surface area contributed by atoms with E-state index in [9.17, 15) is 13.5 Å². The average molecular weight is 450 g/mol. The average Bonchev–Trinajstić information content (AvgIpc) is 2.63. The van der Waals surface area contributed by atoms with Crippen molar-refractivity contribution in [2.24, 2.45) is 0 Å². The Kier molecular flexibility index (Phi) is 7.79. The van der Waals surface area contributed by atoms with Gasteiger partial charge >= 0.3 is 0 Å². The first-order valence-corrected chi connectivity index (χ1v) is 10.9. The van der Waals surface area contributed by atoms with Crippen LogP contribution in [0.4, 0.5) is 5.69 Å². The van der Waals surface area contributed by atoms with Crippen LogP contribution >= 0.6 is 23.2 Å².